The maximum atomic E-state index is 13.1. The van der Waals surface area contributed by atoms with Gasteiger partial charge in [-0.05, 0) is 42.3 Å². The lowest BCUT2D eigenvalue weighted by Crippen LogP contribution is -2.12. The van der Waals surface area contributed by atoms with Crippen molar-refractivity contribution in [2.45, 2.75) is 16.2 Å². The van der Waals surface area contributed by atoms with Crippen LogP contribution < -0.4 is 0 Å². The molecule has 0 amide bonds. The van der Waals surface area contributed by atoms with Crippen LogP contribution in [0, 0.1) is 0 Å². The third-order valence-electron chi connectivity index (χ3n) is 4.70. The lowest BCUT2D eigenvalue weighted by atomic mass is 10.1. The van der Waals surface area contributed by atoms with E-state index in [-0.39, 0.29) is 22.8 Å². The van der Waals surface area contributed by atoms with Gasteiger partial charge < -0.3 is 0 Å². The van der Waals surface area contributed by atoms with Crippen molar-refractivity contribution in [1.82, 2.24) is 3.97 Å². The lowest BCUT2D eigenvalue weighted by molar-refractivity contribution is 0.322. The molecule has 1 aromatic heterocycles. The summed E-state index contributed by atoms with van der Waals surface area (Å²) < 4.78 is 57.3. The number of benzene rings is 3. The highest BCUT2D eigenvalue weighted by Crippen LogP contribution is 2.26. The van der Waals surface area contributed by atoms with Crippen molar-refractivity contribution in [2.24, 2.45) is 0 Å². The Morgan fingerprint density at radius 1 is 0.700 bits per heavy atom. The molecule has 0 atom stereocenters. The van der Waals surface area contributed by atoms with Crippen molar-refractivity contribution in [2.75, 3.05) is 6.61 Å². The van der Waals surface area contributed by atoms with E-state index in [1.165, 1.54) is 22.3 Å². The molecular weight excluding hydrogens is 422 g/mol. The number of rotatable bonds is 7. The quantitative estimate of drug-likeness (QED) is 0.407. The Balaban J connectivity index is 1.64. The highest BCUT2D eigenvalue weighted by atomic mass is 32.2. The predicted molar refractivity (Wildman–Crippen MR) is 114 cm³/mol. The van der Waals surface area contributed by atoms with Crippen LogP contribution in [-0.2, 0) is 30.7 Å². The van der Waals surface area contributed by atoms with Crippen molar-refractivity contribution >= 4 is 31.0 Å². The Bertz CT molecular complexity index is 1380. The zero-order chi connectivity index (χ0) is 21.2. The second kappa shape index (κ2) is 8.06. The summed E-state index contributed by atoms with van der Waals surface area (Å²) in [6.07, 6.45) is 1.77. The zero-order valence-corrected chi connectivity index (χ0v) is 17.5. The molecule has 0 radical (unpaired) electrons. The summed E-state index contributed by atoms with van der Waals surface area (Å²) in [6.45, 7) is -0.101. The highest BCUT2D eigenvalue weighted by Gasteiger charge is 2.21. The first-order valence-corrected chi connectivity index (χ1v) is 12.1. The fraction of sp³-hybridized carbons (Fsp3) is 0.0909. The summed E-state index contributed by atoms with van der Waals surface area (Å²) in [5.74, 6) is 0. The van der Waals surface area contributed by atoms with Gasteiger partial charge in [-0.1, -0.05) is 54.6 Å². The second-order valence-corrected chi connectivity index (χ2v) is 10.1. The van der Waals surface area contributed by atoms with Crippen molar-refractivity contribution in [3.63, 3.8) is 0 Å². The minimum atomic E-state index is -3.87. The maximum Gasteiger partial charge on any atom is 0.296 e. The summed E-state index contributed by atoms with van der Waals surface area (Å²) in [4.78, 5) is 0.263. The number of aromatic nitrogens is 1. The van der Waals surface area contributed by atoms with E-state index < -0.39 is 20.1 Å². The number of nitrogens with zero attached hydrogens (tertiary/aromatic N) is 1. The first-order valence-electron chi connectivity index (χ1n) is 9.24. The fourth-order valence-corrected chi connectivity index (χ4v) is 5.58. The first kappa shape index (κ1) is 20.3. The van der Waals surface area contributed by atoms with E-state index in [4.69, 9.17) is 4.18 Å². The molecule has 0 unspecified atom stereocenters. The molecule has 4 rings (SSSR count). The van der Waals surface area contributed by atoms with E-state index in [1.807, 2.05) is 12.1 Å². The number of para-hydroxylation sites is 1. The van der Waals surface area contributed by atoms with Crippen LogP contribution >= 0.6 is 0 Å². The molecule has 0 saturated carbocycles. The Morgan fingerprint density at radius 3 is 1.93 bits per heavy atom. The van der Waals surface area contributed by atoms with Crippen molar-refractivity contribution in [3.05, 3.63) is 96.7 Å². The third kappa shape index (κ3) is 3.89. The predicted octanol–water partition coefficient (Wildman–Crippen LogP) is 3.83. The van der Waals surface area contributed by atoms with Gasteiger partial charge in [0.25, 0.3) is 20.1 Å². The average molecular weight is 442 g/mol. The second-order valence-electron chi connectivity index (χ2n) is 6.62. The number of hydrogen-bond acceptors (Lipinski definition) is 5. The zero-order valence-electron chi connectivity index (χ0n) is 15.9. The molecule has 154 valence electrons. The molecule has 0 bridgehead atoms. The lowest BCUT2D eigenvalue weighted by Gasteiger charge is -2.07. The van der Waals surface area contributed by atoms with Gasteiger partial charge >= 0.3 is 0 Å². The summed E-state index contributed by atoms with van der Waals surface area (Å²) in [5, 5.41) is 0.734. The van der Waals surface area contributed by atoms with Crippen LogP contribution in [0.1, 0.15) is 5.56 Å². The Kier molecular flexibility index (Phi) is 5.46. The minimum Gasteiger partial charge on any atom is -0.266 e. The maximum absolute atomic E-state index is 13.1. The van der Waals surface area contributed by atoms with Crippen LogP contribution in [0.3, 0.4) is 0 Å². The van der Waals surface area contributed by atoms with Crippen molar-refractivity contribution in [1.29, 1.82) is 0 Å². The SMILES string of the molecule is O=S(=O)(OCCc1cn(S(=O)(=O)c2ccccc2)c2ccccc12)c1ccccc1. The van der Waals surface area contributed by atoms with Gasteiger partial charge in [0.2, 0.25) is 0 Å². The molecule has 30 heavy (non-hydrogen) atoms. The third-order valence-corrected chi connectivity index (χ3v) is 7.72. The monoisotopic (exact) mass is 441 g/mol. The normalized spacial score (nSPS) is 12.3. The van der Waals surface area contributed by atoms with Gasteiger partial charge in [0.15, 0.2) is 0 Å². The molecule has 0 aliphatic carbocycles. The van der Waals surface area contributed by atoms with E-state index >= 15 is 0 Å². The summed E-state index contributed by atoms with van der Waals surface area (Å²) >= 11 is 0. The molecular formula is C22H19NO5S2. The van der Waals surface area contributed by atoms with E-state index in [0.29, 0.717) is 11.1 Å². The van der Waals surface area contributed by atoms with Crippen LogP contribution in [0.2, 0.25) is 0 Å². The standard InChI is InChI=1S/C22H19NO5S2/c24-29(25,19-9-3-1-4-10-19)23-17-18(21-13-7-8-14-22(21)23)15-16-28-30(26,27)20-11-5-2-6-12-20/h1-14,17H,15-16H2. The Hall–Kier alpha value is -2.94. The molecule has 1 heterocycles. The van der Waals surface area contributed by atoms with E-state index in [0.717, 1.165) is 5.39 Å². The Labute approximate surface area is 175 Å². The molecule has 0 saturated heterocycles. The van der Waals surface area contributed by atoms with Gasteiger partial charge in [0, 0.05) is 11.6 Å². The van der Waals surface area contributed by atoms with Gasteiger partial charge in [-0.15, -0.1) is 0 Å². The minimum absolute atomic E-state index is 0.0825. The van der Waals surface area contributed by atoms with E-state index in [1.54, 1.807) is 60.7 Å². The molecule has 6 nitrogen and oxygen atoms in total. The van der Waals surface area contributed by atoms with Crippen LogP contribution in [0.15, 0.2) is 101 Å². The van der Waals surface area contributed by atoms with Gasteiger partial charge in [-0.2, -0.15) is 8.42 Å². The van der Waals surface area contributed by atoms with Crippen LogP contribution in [0.5, 0.6) is 0 Å². The van der Waals surface area contributed by atoms with Gasteiger partial charge in [0.1, 0.15) is 0 Å². The van der Waals surface area contributed by atoms with Crippen molar-refractivity contribution < 1.29 is 21.0 Å². The molecule has 0 fully saturated rings. The van der Waals surface area contributed by atoms with Crippen molar-refractivity contribution in [3.8, 4) is 0 Å². The van der Waals surface area contributed by atoms with Gasteiger partial charge in [-0.3, -0.25) is 4.18 Å². The van der Waals surface area contributed by atoms with Crippen LogP contribution in [0.4, 0.5) is 0 Å². The molecule has 0 N–H and O–H groups in total. The summed E-state index contributed by atoms with van der Waals surface area (Å²) in [5.41, 5.74) is 1.22. The topological polar surface area (TPSA) is 82.4 Å². The molecule has 0 aliphatic rings. The van der Waals surface area contributed by atoms with E-state index in [9.17, 15) is 16.8 Å². The Morgan fingerprint density at radius 2 is 1.27 bits per heavy atom. The summed E-state index contributed by atoms with van der Waals surface area (Å²) in [6, 6.07) is 23.2. The molecule has 8 heteroatoms. The first-order chi connectivity index (χ1) is 14.4. The highest BCUT2D eigenvalue weighted by molar-refractivity contribution is 7.90. The molecule has 0 aliphatic heterocycles. The van der Waals surface area contributed by atoms with Gasteiger partial charge in [0.05, 0.1) is 21.9 Å². The number of fused-ring (bicyclic) bond motifs is 1. The number of hydrogen-bond donors (Lipinski definition) is 0. The van der Waals surface area contributed by atoms with E-state index in [2.05, 4.69) is 0 Å². The van der Waals surface area contributed by atoms with Gasteiger partial charge in [-0.25, -0.2) is 12.4 Å². The fourth-order valence-electron chi connectivity index (χ4n) is 3.24. The largest absolute Gasteiger partial charge is 0.296 e. The van der Waals surface area contributed by atoms with Crippen LogP contribution in [-0.4, -0.2) is 27.4 Å². The smallest absolute Gasteiger partial charge is 0.266 e. The molecule has 4 aromatic rings. The van der Waals surface area contributed by atoms with Crippen LogP contribution in [0.25, 0.3) is 10.9 Å². The molecule has 3 aromatic carbocycles. The summed E-state index contributed by atoms with van der Waals surface area (Å²) in [7, 11) is -7.66. The average Bonchev–Trinajstić information content (AvgIpc) is 3.14. The molecule has 0 spiro atoms.